The van der Waals surface area contributed by atoms with E-state index in [-0.39, 0.29) is 0 Å². The monoisotopic (exact) mass is 352 g/mol. The standard InChI is InChI=1S/C16H18BrClN2/c1-19-10-12-6-7-16(15(17)9-12)20(2)11-13-4-3-5-14(18)8-13/h3-9,19H,10-11H2,1-2H3. The molecular formula is C16H18BrClN2. The summed E-state index contributed by atoms with van der Waals surface area (Å²) in [4.78, 5) is 2.21. The number of hydrogen-bond acceptors (Lipinski definition) is 2. The van der Waals surface area contributed by atoms with E-state index in [1.807, 2.05) is 25.2 Å². The van der Waals surface area contributed by atoms with Gasteiger partial charge >= 0.3 is 0 Å². The van der Waals surface area contributed by atoms with E-state index < -0.39 is 0 Å². The molecule has 20 heavy (non-hydrogen) atoms. The van der Waals surface area contributed by atoms with Crippen molar-refractivity contribution in [2.75, 3.05) is 19.0 Å². The minimum absolute atomic E-state index is 0.777. The van der Waals surface area contributed by atoms with Crippen LogP contribution in [0.3, 0.4) is 0 Å². The Labute approximate surface area is 133 Å². The van der Waals surface area contributed by atoms with Gasteiger partial charge in [-0.3, -0.25) is 0 Å². The van der Waals surface area contributed by atoms with Gasteiger partial charge in [-0.15, -0.1) is 0 Å². The Morgan fingerprint density at radius 2 is 1.95 bits per heavy atom. The van der Waals surface area contributed by atoms with Crippen molar-refractivity contribution in [2.45, 2.75) is 13.1 Å². The van der Waals surface area contributed by atoms with Crippen LogP contribution in [0.25, 0.3) is 0 Å². The molecular weight excluding hydrogens is 336 g/mol. The highest BCUT2D eigenvalue weighted by atomic mass is 79.9. The van der Waals surface area contributed by atoms with E-state index in [9.17, 15) is 0 Å². The van der Waals surface area contributed by atoms with Crippen LogP contribution in [0.15, 0.2) is 46.9 Å². The third kappa shape index (κ3) is 3.98. The van der Waals surface area contributed by atoms with Crippen molar-refractivity contribution in [1.82, 2.24) is 5.32 Å². The molecule has 0 aliphatic heterocycles. The molecule has 0 spiro atoms. The highest BCUT2D eigenvalue weighted by Crippen LogP contribution is 2.28. The fourth-order valence-electron chi connectivity index (χ4n) is 2.17. The van der Waals surface area contributed by atoms with Crippen molar-refractivity contribution in [3.8, 4) is 0 Å². The zero-order valence-corrected chi connectivity index (χ0v) is 14.0. The highest BCUT2D eigenvalue weighted by Gasteiger charge is 2.07. The molecule has 2 aromatic rings. The fourth-order valence-corrected chi connectivity index (χ4v) is 3.11. The molecule has 4 heteroatoms. The number of hydrogen-bond donors (Lipinski definition) is 1. The minimum atomic E-state index is 0.777. The summed E-state index contributed by atoms with van der Waals surface area (Å²) >= 11 is 9.68. The first-order valence-electron chi connectivity index (χ1n) is 6.49. The van der Waals surface area contributed by atoms with Crippen LogP contribution in [0.4, 0.5) is 5.69 Å². The molecule has 0 bridgehead atoms. The third-order valence-electron chi connectivity index (χ3n) is 3.11. The Morgan fingerprint density at radius 1 is 1.15 bits per heavy atom. The van der Waals surface area contributed by atoms with Crippen molar-refractivity contribution in [3.05, 3.63) is 63.1 Å². The van der Waals surface area contributed by atoms with Crippen LogP contribution in [-0.4, -0.2) is 14.1 Å². The lowest BCUT2D eigenvalue weighted by molar-refractivity contribution is 0.816. The largest absolute Gasteiger partial charge is 0.369 e. The molecule has 0 amide bonds. The van der Waals surface area contributed by atoms with Crippen LogP contribution in [-0.2, 0) is 13.1 Å². The molecule has 106 valence electrons. The Morgan fingerprint density at radius 3 is 2.60 bits per heavy atom. The zero-order chi connectivity index (χ0) is 14.5. The first-order chi connectivity index (χ1) is 9.60. The number of nitrogens with one attached hydrogen (secondary N) is 1. The summed E-state index contributed by atoms with van der Waals surface area (Å²) in [6.07, 6.45) is 0. The minimum Gasteiger partial charge on any atom is -0.369 e. The van der Waals surface area contributed by atoms with E-state index in [2.05, 4.69) is 57.5 Å². The van der Waals surface area contributed by atoms with E-state index in [1.165, 1.54) is 16.8 Å². The predicted octanol–water partition coefficient (Wildman–Crippen LogP) is 4.46. The normalized spacial score (nSPS) is 10.6. The molecule has 0 aliphatic rings. The second kappa shape index (κ2) is 7.11. The second-order valence-electron chi connectivity index (χ2n) is 4.80. The van der Waals surface area contributed by atoms with Crippen LogP contribution < -0.4 is 10.2 Å². The summed E-state index contributed by atoms with van der Waals surface area (Å²) in [7, 11) is 4.03. The molecule has 2 rings (SSSR count). The van der Waals surface area contributed by atoms with E-state index in [0.29, 0.717) is 0 Å². The molecule has 0 heterocycles. The molecule has 0 radical (unpaired) electrons. The van der Waals surface area contributed by atoms with Crippen molar-refractivity contribution in [2.24, 2.45) is 0 Å². The van der Waals surface area contributed by atoms with Gasteiger partial charge in [0.15, 0.2) is 0 Å². The first kappa shape index (κ1) is 15.4. The van der Waals surface area contributed by atoms with Gasteiger partial charge in [0, 0.05) is 29.6 Å². The maximum Gasteiger partial charge on any atom is 0.0511 e. The molecule has 1 N–H and O–H groups in total. The average Bonchev–Trinajstić information content (AvgIpc) is 2.39. The number of anilines is 1. The van der Waals surface area contributed by atoms with Gasteiger partial charge in [-0.05, 0) is 58.4 Å². The van der Waals surface area contributed by atoms with Crippen LogP contribution in [0.1, 0.15) is 11.1 Å². The predicted molar refractivity (Wildman–Crippen MR) is 90.5 cm³/mol. The lowest BCUT2D eigenvalue weighted by atomic mass is 10.1. The maximum absolute atomic E-state index is 6.03. The van der Waals surface area contributed by atoms with Gasteiger partial charge in [0.2, 0.25) is 0 Å². The highest BCUT2D eigenvalue weighted by molar-refractivity contribution is 9.10. The molecule has 0 atom stereocenters. The Kier molecular flexibility index (Phi) is 5.46. The van der Waals surface area contributed by atoms with Crippen molar-refractivity contribution < 1.29 is 0 Å². The molecule has 0 saturated carbocycles. The van der Waals surface area contributed by atoms with Gasteiger partial charge in [0.1, 0.15) is 0 Å². The molecule has 0 aromatic heterocycles. The van der Waals surface area contributed by atoms with Crippen molar-refractivity contribution >= 4 is 33.2 Å². The van der Waals surface area contributed by atoms with Gasteiger partial charge in [-0.25, -0.2) is 0 Å². The van der Waals surface area contributed by atoms with Crippen LogP contribution in [0.5, 0.6) is 0 Å². The van der Waals surface area contributed by atoms with E-state index >= 15 is 0 Å². The molecule has 0 unspecified atom stereocenters. The quantitative estimate of drug-likeness (QED) is 0.854. The SMILES string of the molecule is CNCc1ccc(N(C)Cc2cccc(Cl)c2)c(Br)c1. The molecule has 0 saturated heterocycles. The number of nitrogens with zero attached hydrogens (tertiary/aromatic N) is 1. The van der Waals surface area contributed by atoms with E-state index in [0.717, 1.165) is 22.6 Å². The summed E-state index contributed by atoms with van der Waals surface area (Å²) in [5, 5.41) is 3.93. The molecule has 0 aliphatic carbocycles. The second-order valence-corrected chi connectivity index (χ2v) is 6.09. The molecule has 2 aromatic carbocycles. The number of rotatable bonds is 5. The lowest BCUT2D eigenvalue weighted by Gasteiger charge is -2.21. The summed E-state index contributed by atoms with van der Waals surface area (Å²) in [5.74, 6) is 0. The van der Waals surface area contributed by atoms with Crippen LogP contribution in [0, 0.1) is 0 Å². The third-order valence-corrected chi connectivity index (χ3v) is 3.98. The Bertz CT molecular complexity index is 586. The maximum atomic E-state index is 6.03. The van der Waals surface area contributed by atoms with Crippen LogP contribution >= 0.6 is 27.5 Å². The van der Waals surface area contributed by atoms with Crippen LogP contribution in [0.2, 0.25) is 5.02 Å². The van der Waals surface area contributed by atoms with Crippen molar-refractivity contribution in [3.63, 3.8) is 0 Å². The van der Waals surface area contributed by atoms with E-state index in [1.54, 1.807) is 0 Å². The van der Waals surface area contributed by atoms with Crippen molar-refractivity contribution in [1.29, 1.82) is 0 Å². The smallest absolute Gasteiger partial charge is 0.0511 e. The van der Waals surface area contributed by atoms with Gasteiger partial charge in [0.05, 0.1) is 5.69 Å². The zero-order valence-electron chi connectivity index (χ0n) is 11.7. The van der Waals surface area contributed by atoms with E-state index in [4.69, 9.17) is 11.6 Å². The lowest BCUT2D eigenvalue weighted by Crippen LogP contribution is -2.17. The molecule has 2 nitrogen and oxygen atoms in total. The summed E-state index contributed by atoms with van der Waals surface area (Å²) in [6.45, 7) is 1.70. The topological polar surface area (TPSA) is 15.3 Å². The Balaban J connectivity index is 2.14. The fraction of sp³-hybridized carbons (Fsp3) is 0.250. The number of benzene rings is 2. The Hall–Kier alpha value is -1.03. The van der Waals surface area contributed by atoms with Gasteiger partial charge in [-0.2, -0.15) is 0 Å². The average molecular weight is 354 g/mol. The summed E-state index contributed by atoms with van der Waals surface area (Å²) in [6, 6.07) is 14.4. The van der Waals surface area contributed by atoms with Gasteiger partial charge in [0.25, 0.3) is 0 Å². The first-order valence-corrected chi connectivity index (χ1v) is 7.66. The van der Waals surface area contributed by atoms with Gasteiger partial charge in [-0.1, -0.05) is 29.8 Å². The summed E-state index contributed by atoms with van der Waals surface area (Å²) in [5.41, 5.74) is 3.63. The summed E-state index contributed by atoms with van der Waals surface area (Å²) < 4.78 is 1.11. The molecule has 0 fully saturated rings. The van der Waals surface area contributed by atoms with Gasteiger partial charge < -0.3 is 10.2 Å². The number of halogens is 2.